The van der Waals surface area contributed by atoms with E-state index in [0.717, 1.165) is 12.8 Å². The summed E-state index contributed by atoms with van der Waals surface area (Å²) in [6.07, 6.45) is 2.39. The van der Waals surface area contributed by atoms with E-state index in [0.29, 0.717) is 12.8 Å². The highest BCUT2D eigenvalue weighted by atomic mass is 16.3. The monoisotopic (exact) mass is 233 g/mol. The van der Waals surface area contributed by atoms with Crippen LogP contribution in [0.5, 0.6) is 0 Å². The molecule has 1 amide bonds. The fraction of sp³-hybridized carbons (Fsp3) is 0.500. The average molecular weight is 233 g/mol. The summed E-state index contributed by atoms with van der Waals surface area (Å²) in [6, 6.07) is 8.55. The van der Waals surface area contributed by atoms with Gasteiger partial charge in [0.1, 0.15) is 0 Å². The summed E-state index contributed by atoms with van der Waals surface area (Å²) < 4.78 is 0. The number of amides is 1. The molecule has 1 unspecified atom stereocenters. The molecule has 0 aromatic heterocycles. The van der Waals surface area contributed by atoms with Crippen LogP contribution in [0.1, 0.15) is 30.9 Å². The standard InChI is InChI=1S/C14H19NO2/c1-10(16)6-7-14(17)15-13-8-11-4-2-3-5-12(11)9-13/h2-5,10,13,16H,6-9H2,1H3,(H,15,17). The topological polar surface area (TPSA) is 49.3 Å². The van der Waals surface area contributed by atoms with Gasteiger partial charge in [-0.2, -0.15) is 0 Å². The molecule has 1 aliphatic rings. The van der Waals surface area contributed by atoms with Gasteiger partial charge in [-0.15, -0.1) is 0 Å². The fourth-order valence-electron chi connectivity index (χ4n) is 2.30. The Kier molecular flexibility index (Phi) is 3.79. The van der Waals surface area contributed by atoms with Gasteiger partial charge in [0.15, 0.2) is 0 Å². The normalized spacial score (nSPS) is 16.6. The predicted octanol–water partition coefficient (Wildman–Crippen LogP) is 1.43. The molecule has 3 heteroatoms. The molecule has 1 aromatic rings. The van der Waals surface area contributed by atoms with E-state index in [4.69, 9.17) is 5.11 Å². The Morgan fingerprint density at radius 1 is 1.41 bits per heavy atom. The lowest BCUT2D eigenvalue weighted by molar-refractivity contribution is -0.122. The Bertz CT molecular complexity index is 376. The van der Waals surface area contributed by atoms with Crippen LogP contribution >= 0.6 is 0 Å². The molecule has 3 nitrogen and oxygen atoms in total. The number of benzene rings is 1. The van der Waals surface area contributed by atoms with Crippen LogP contribution in [0.15, 0.2) is 24.3 Å². The van der Waals surface area contributed by atoms with Crippen LogP contribution in [0.4, 0.5) is 0 Å². The molecule has 0 saturated heterocycles. The third-order valence-corrected chi connectivity index (χ3v) is 3.21. The van der Waals surface area contributed by atoms with Crippen molar-refractivity contribution in [2.45, 2.75) is 44.8 Å². The van der Waals surface area contributed by atoms with Gasteiger partial charge in [-0.1, -0.05) is 24.3 Å². The molecule has 92 valence electrons. The van der Waals surface area contributed by atoms with Crippen molar-refractivity contribution >= 4 is 5.91 Å². The maximum Gasteiger partial charge on any atom is 0.220 e. The highest BCUT2D eigenvalue weighted by molar-refractivity contribution is 5.76. The smallest absolute Gasteiger partial charge is 0.220 e. The van der Waals surface area contributed by atoms with Gasteiger partial charge in [0, 0.05) is 12.5 Å². The Morgan fingerprint density at radius 2 is 2.00 bits per heavy atom. The van der Waals surface area contributed by atoms with Crippen molar-refractivity contribution in [2.75, 3.05) is 0 Å². The zero-order valence-corrected chi connectivity index (χ0v) is 10.1. The summed E-state index contributed by atoms with van der Waals surface area (Å²) in [5.41, 5.74) is 2.68. The van der Waals surface area contributed by atoms with Gasteiger partial charge >= 0.3 is 0 Å². The van der Waals surface area contributed by atoms with E-state index in [1.165, 1.54) is 11.1 Å². The van der Waals surface area contributed by atoms with E-state index in [2.05, 4.69) is 17.4 Å². The van der Waals surface area contributed by atoms with Crippen LogP contribution in [0.3, 0.4) is 0 Å². The van der Waals surface area contributed by atoms with Gasteiger partial charge in [0.2, 0.25) is 5.91 Å². The number of nitrogens with one attached hydrogen (secondary N) is 1. The summed E-state index contributed by atoms with van der Waals surface area (Å²) in [6.45, 7) is 1.71. The minimum Gasteiger partial charge on any atom is -0.393 e. The Balaban J connectivity index is 1.81. The Morgan fingerprint density at radius 3 is 2.53 bits per heavy atom. The van der Waals surface area contributed by atoms with E-state index < -0.39 is 6.10 Å². The first-order valence-corrected chi connectivity index (χ1v) is 6.19. The van der Waals surface area contributed by atoms with Crippen molar-refractivity contribution in [2.24, 2.45) is 0 Å². The van der Waals surface area contributed by atoms with E-state index in [-0.39, 0.29) is 11.9 Å². The van der Waals surface area contributed by atoms with Crippen LogP contribution in [0, 0.1) is 0 Å². The number of rotatable bonds is 4. The minimum absolute atomic E-state index is 0.0451. The molecule has 0 radical (unpaired) electrons. The molecule has 0 bridgehead atoms. The van der Waals surface area contributed by atoms with E-state index in [1.54, 1.807) is 6.92 Å². The SMILES string of the molecule is CC(O)CCC(=O)NC1Cc2ccccc2C1. The second-order valence-electron chi connectivity index (χ2n) is 4.83. The lowest BCUT2D eigenvalue weighted by atomic mass is 10.1. The maximum absolute atomic E-state index is 11.6. The minimum atomic E-state index is -0.401. The number of carbonyl (C=O) groups excluding carboxylic acids is 1. The van der Waals surface area contributed by atoms with E-state index in [1.807, 2.05) is 12.1 Å². The number of hydrogen-bond acceptors (Lipinski definition) is 2. The van der Waals surface area contributed by atoms with Crippen LogP contribution in [0.25, 0.3) is 0 Å². The predicted molar refractivity (Wildman–Crippen MR) is 66.7 cm³/mol. The first kappa shape index (κ1) is 12.1. The summed E-state index contributed by atoms with van der Waals surface area (Å²) in [7, 11) is 0. The second kappa shape index (κ2) is 5.32. The second-order valence-corrected chi connectivity index (χ2v) is 4.83. The van der Waals surface area contributed by atoms with Crippen LogP contribution in [-0.4, -0.2) is 23.2 Å². The molecule has 0 heterocycles. The van der Waals surface area contributed by atoms with E-state index in [9.17, 15) is 4.79 Å². The van der Waals surface area contributed by atoms with E-state index >= 15 is 0 Å². The molecule has 2 N–H and O–H groups in total. The van der Waals surface area contributed by atoms with Crippen LogP contribution in [-0.2, 0) is 17.6 Å². The van der Waals surface area contributed by atoms with Crippen molar-refractivity contribution in [1.29, 1.82) is 0 Å². The van der Waals surface area contributed by atoms with Gasteiger partial charge in [-0.05, 0) is 37.3 Å². The van der Waals surface area contributed by atoms with Gasteiger partial charge < -0.3 is 10.4 Å². The molecule has 0 aliphatic heterocycles. The fourth-order valence-corrected chi connectivity index (χ4v) is 2.30. The van der Waals surface area contributed by atoms with Crippen molar-refractivity contribution in [3.63, 3.8) is 0 Å². The quantitative estimate of drug-likeness (QED) is 0.826. The molecule has 1 atom stereocenters. The number of fused-ring (bicyclic) bond motifs is 1. The molecule has 17 heavy (non-hydrogen) atoms. The summed E-state index contributed by atoms with van der Waals surface area (Å²) in [4.78, 5) is 11.6. The maximum atomic E-state index is 11.6. The molecule has 1 aromatic carbocycles. The average Bonchev–Trinajstić information content (AvgIpc) is 2.68. The van der Waals surface area contributed by atoms with Crippen molar-refractivity contribution in [3.8, 4) is 0 Å². The third-order valence-electron chi connectivity index (χ3n) is 3.21. The summed E-state index contributed by atoms with van der Waals surface area (Å²) >= 11 is 0. The Hall–Kier alpha value is -1.35. The number of hydrogen-bond donors (Lipinski definition) is 2. The first-order valence-electron chi connectivity index (χ1n) is 6.19. The van der Waals surface area contributed by atoms with Crippen molar-refractivity contribution in [1.82, 2.24) is 5.32 Å². The lowest BCUT2D eigenvalue weighted by Gasteiger charge is -2.12. The molecule has 0 saturated carbocycles. The van der Waals surface area contributed by atoms with Gasteiger partial charge in [0.25, 0.3) is 0 Å². The third kappa shape index (κ3) is 3.30. The summed E-state index contributed by atoms with van der Waals surface area (Å²) in [5, 5.41) is 12.2. The van der Waals surface area contributed by atoms with Gasteiger partial charge in [0.05, 0.1) is 6.10 Å². The zero-order valence-electron chi connectivity index (χ0n) is 10.1. The highest BCUT2D eigenvalue weighted by Gasteiger charge is 2.22. The Labute approximate surface area is 102 Å². The van der Waals surface area contributed by atoms with Crippen molar-refractivity contribution < 1.29 is 9.90 Å². The van der Waals surface area contributed by atoms with Crippen LogP contribution < -0.4 is 5.32 Å². The number of aliphatic hydroxyl groups is 1. The first-order chi connectivity index (χ1) is 8.15. The van der Waals surface area contributed by atoms with Crippen molar-refractivity contribution in [3.05, 3.63) is 35.4 Å². The molecular weight excluding hydrogens is 214 g/mol. The lowest BCUT2D eigenvalue weighted by Crippen LogP contribution is -2.35. The summed E-state index contributed by atoms with van der Waals surface area (Å²) in [5.74, 6) is 0.0451. The molecular formula is C14H19NO2. The largest absolute Gasteiger partial charge is 0.393 e. The molecule has 0 spiro atoms. The number of aliphatic hydroxyl groups excluding tert-OH is 1. The van der Waals surface area contributed by atoms with Crippen LogP contribution in [0.2, 0.25) is 0 Å². The molecule has 0 fully saturated rings. The zero-order chi connectivity index (χ0) is 12.3. The highest BCUT2D eigenvalue weighted by Crippen LogP contribution is 2.21. The molecule has 1 aliphatic carbocycles. The number of carbonyl (C=O) groups is 1. The van der Waals surface area contributed by atoms with Gasteiger partial charge in [-0.25, -0.2) is 0 Å². The molecule has 2 rings (SSSR count). The van der Waals surface area contributed by atoms with Gasteiger partial charge in [-0.3, -0.25) is 4.79 Å².